The third-order valence-electron chi connectivity index (χ3n) is 2.25. The number of nitrogens with zero attached hydrogens (tertiary/aromatic N) is 1. The van der Waals surface area contributed by atoms with Gasteiger partial charge in [-0.3, -0.25) is 14.9 Å². The molecule has 0 unspecified atom stereocenters. The van der Waals surface area contributed by atoms with Gasteiger partial charge in [0.15, 0.2) is 9.84 Å². The van der Waals surface area contributed by atoms with E-state index in [0.717, 1.165) is 0 Å². The molecule has 1 aromatic carbocycles. The van der Waals surface area contributed by atoms with E-state index in [2.05, 4.69) is 15.9 Å². The number of carboxylic acid groups (broad SMARTS) is 1. The second-order valence-electron chi connectivity index (χ2n) is 3.77. The Morgan fingerprint density at radius 1 is 1.42 bits per heavy atom. The Morgan fingerprint density at radius 3 is 2.53 bits per heavy atom. The number of nitro benzene ring substituents is 1. The summed E-state index contributed by atoms with van der Waals surface area (Å²) in [5.74, 6) is -2.02. The molecule has 0 aliphatic rings. The molecule has 0 bridgehead atoms. The Hall–Kier alpha value is -1.48. The topological polar surface area (TPSA) is 115 Å². The third-order valence-corrected chi connectivity index (χ3v) is 4.56. The molecule has 0 radical (unpaired) electrons. The maximum absolute atomic E-state index is 11.7. The van der Waals surface area contributed by atoms with Gasteiger partial charge in [0.1, 0.15) is 0 Å². The summed E-state index contributed by atoms with van der Waals surface area (Å²) < 4.78 is 23.6. The number of benzene rings is 1. The zero-order valence-corrected chi connectivity index (χ0v) is 12.0. The van der Waals surface area contributed by atoms with Gasteiger partial charge in [0.25, 0.3) is 5.69 Å². The fourth-order valence-corrected chi connectivity index (χ4v) is 3.37. The maximum Gasteiger partial charge on any atom is 0.304 e. The highest BCUT2D eigenvalue weighted by Crippen LogP contribution is 2.24. The number of non-ortho nitro benzene ring substituents is 1. The van der Waals surface area contributed by atoms with E-state index in [1.807, 2.05) is 0 Å². The van der Waals surface area contributed by atoms with Crippen LogP contribution in [0.5, 0.6) is 0 Å². The minimum Gasteiger partial charge on any atom is -0.481 e. The molecule has 19 heavy (non-hydrogen) atoms. The zero-order chi connectivity index (χ0) is 14.6. The molecule has 0 fully saturated rings. The molecule has 104 valence electrons. The quantitative estimate of drug-likeness (QED) is 0.616. The predicted octanol–water partition coefficient (Wildman–Crippen LogP) is 1.75. The first-order chi connectivity index (χ1) is 8.71. The summed E-state index contributed by atoms with van der Waals surface area (Å²) in [6, 6.07) is 3.75. The van der Waals surface area contributed by atoms with Crippen LogP contribution in [-0.2, 0) is 20.4 Å². The van der Waals surface area contributed by atoms with Gasteiger partial charge in [-0.2, -0.15) is 0 Å². The van der Waals surface area contributed by atoms with E-state index in [-0.39, 0.29) is 11.4 Å². The summed E-state index contributed by atoms with van der Waals surface area (Å²) in [5, 5.41) is 19.0. The van der Waals surface area contributed by atoms with Crippen LogP contribution in [0.3, 0.4) is 0 Å². The molecular weight excluding hydrogens is 342 g/mol. The maximum atomic E-state index is 11.7. The first kappa shape index (κ1) is 15.6. The van der Waals surface area contributed by atoms with Gasteiger partial charge in [0.2, 0.25) is 0 Å². The highest BCUT2D eigenvalue weighted by molar-refractivity contribution is 9.10. The molecule has 1 N–H and O–H groups in total. The van der Waals surface area contributed by atoms with Crippen molar-refractivity contribution in [2.75, 3.05) is 5.75 Å². The third kappa shape index (κ3) is 4.95. The van der Waals surface area contributed by atoms with Crippen molar-refractivity contribution in [1.82, 2.24) is 0 Å². The molecule has 0 atom stereocenters. The first-order valence-electron chi connectivity index (χ1n) is 5.06. The lowest BCUT2D eigenvalue weighted by Crippen LogP contribution is -2.13. The van der Waals surface area contributed by atoms with Crippen LogP contribution in [0.2, 0.25) is 0 Å². The average Bonchev–Trinajstić information content (AvgIpc) is 2.29. The van der Waals surface area contributed by atoms with Gasteiger partial charge in [-0.1, -0.05) is 22.0 Å². The lowest BCUT2D eigenvalue weighted by molar-refractivity contribution is -0.384. The molecule has 0 saturated heterocycles. The van der Waals surface area contributed by atoms with Crippen LogP contribution in [-0.4, -0.2) is 30.2 Å². The molecule has 9 heteroatoms. The number of rotatable bonds is 6. The van der Waals surface area contributed by atoms with Gasteiger partial charge < -0.3 is 5.11 Å². The number of sulfone groups is 1. The van der Waals surface area contributed by atoms with Crippen LogP contribution in [0.4, 0.5) is 5.69 Å². The van der Waals surface area contributed by atoms with Crippen molar-refractivity contribution >= 4 is 37.4 Å². The van der Waals surface area contributed by atoms with Crippen molar-refractivity contribution in [1.29, 1.82) is 0 Å². The monoisotopic (exact) mass is 351 g/mol. The zero-order valence-electron chi connectivity index (χ0n) is 9.58. The van der Waals surface area contributed by atoms with E-state index in [9.17, 15) is 23.3 Å². The Labute approximate surface area is 117 Å². The number of carboxylic acids is 1. The normalized spacial score (nSPS) is 11.2. The van der Waals surface area contributed by atoms with Crippen LogP contribution in [0.1, 0.15) is 12.0 Å². The van der Waals surface area contributed by atoms with Gasteiger partial charge in [-0.05, 0) is 5.56 Å². The largest absolute Gasteiger partial charge is 0.481 e. The van der Waals surface area contributed by atoms with Crippen LogP contribution in [0.15, 0.2) is 22.7 Å². The Balaban J connectivity index is 2.88. The molecule has 0 saturated carbocycles. The smallest absolute Gasteiger partial charge is 0.304 e. The minimum atomic E-state index is -3.57. The summed E-state index contributed by atoms with van der Waals surface area (Å²) in [5.41, 5.74) is 0.203. The molecule has 1 aromatic rings. The SMILES string of the molecule is O=C(O)CCS(=O)(=O)Cc1ccc([N+](=O)[O-])cc1Br. The molecule has 0 spiro atoms. The second-order valence-corrected chi connectivity index (χ2v) is 6.81. The van der Waals surface area contributed by atoms with Crippen LogP contribution in [0, 0.1) is 10.1 Å². The van der Waals surface area contributed by atoms with Gasteiger partial charge in [-0.15, -0.1) is 0 Å². The lowest BCUT2D eigenvalue weighted by atomic mass is 10.2. The van der Waals surface area contributed by atoms with Gasteiger partial charge in [0, 0.05) is 16.6 Å². The van der Waals surface area contributed by atoms with Crippen molar-refractivity contribution in [3.8, 4) is 0 Å². The van der Waals surface area contributed by atoms with Gasteiger partial charge >= 0.3 is 5.97 Å². The van der Waals surface area contributed by atoms with Crippen molar-refractivity contribution in [3.63, 3.8) is 0 Å². The van der Waals surface area contributed by atoms with Crippen LogP contribution in [0.25, 0.3) is 0 Å². The number of halogens is 1. The van der Waals surface area contributed by atoms with Crippen molar-refractivity contribution in [3.05, 3.63) is 38.3 Å². The second kappa shape index (κ2) is 6.11. The molecule has 0 aromatic heterocycles. The number of hydrogen-bond acceptors (Lipinski definition) is 5. The molecule has 7 nitrogen and oxygen atoms in total. The van der Waals surface area contributed by atoms with E-state index in [1.165, 1.54) is 18.2 Å². The van der Waals surface area contributed by atoms with Crippen molar-refractivity contribution in [2.24, 2.45) is 0 Å². The predicted molar refractivity (Wildman–Crippen MR) is 70.5 cm³/mol. The fourth-order valence-electron chi connectivity index (χ4n) is 1.32. The molecule has 0 heterocycles. The molecule has 0 aliphatic carbocycles. The Kier molecular flexibility index (Phi) is 5.01. The van der Waals surface area contributed by atoms with E-state index in [4.69, 9.17) is 5.11 Å². The molecule has 0 amide bonds. The average molecular weight is 352 g/mol. The fraction of sp³-hybridized carbons (Fsp3) is 0.300. The number of nitro groups is 1. The van der Waals surface area contributed by atoms with Gasteiger partial charge in [0.05, 0.1) is 22.8 Å². The van der Waals surface area contributed by atoms with Gasteiger partial charge in [-0.25, -0.2) is 8.42 Å². The van der Waals surface area contributed by atoms with Crippen molar-refractivity contribution in [2.45, 2.75) is 12.2 Å². The first-order valence-corrected chi connectivity index (χ1v) is 7.68. The van der Waals surface area contributed by atoms with Crippen molar-refractivity contribution < 1.29 is 23.2 Å². The van der Waals surface area contributed by atoms with E-state index in [0.29, 0.717) is 10.0 Å². The number of hydrogen-bond donors (Lipinski definition) is 1. The molecule has 1 rings (SSSR count). The summed E-state index contributed by atoms with van der Waals surface area (Å²) in [6.45, 7) is 0. The molecular formula is C10H10BrNO6S. The van der Waals surface area contributed by atoms with Crippen LogP contribution >= 0.6 is 15.9 Å². The Bertz CT molecular complexity index is 612. The summed E-state index contributed by atoms with van der Waals surface area (Å²) in [7, 11) is -3.57. The number of carbonyl (C=O) groups is 1. The van der Waals surface area contributed by atoms with E-state index >= 15 is 0 Å². The van der Waals surface area contributed by atoms with E-state index < -0.39 is 32.9 Å². The highest BCUT2D eigenvalue weighted by Gasteiger charge is 2.17. The minimum absolute atomic E-state index is 0.154. The van der Waals surface area contributed by atoms with E-state index in [1.54, 1.807) is 0 Å². The summed E-state index contributed by atoms with van der Waals surface area (Å²) in [6.07, 6.45) is -0.465. The Morgan fingerprint density at radius 2 is 2.05 bits per heavy atom. The highest BCUT2D eigenvalue weighted by atomic mass is 79.9. The summed E-state index contributed by atoms with van der Waals surface area (Å²) >= 11 is 3.06. The number of aliphatic carboxylic acids is 1. The standard InChI is InChI=1S/C10H10BrNO6S/c11-9-5-8(12(15)16)2-1-7(9)6-19(17,18)4-3-10(13)14/h1-2,5H,3-4,6H2,(H,13,14). The lowest BCUT2D eigenvalue weighted by Gasteiger charge is -2.05. The van der Waals surface area contributed by atoms with Crippen LogP contribution < -0.4 is 0 Å². The summed E-state index contributed by atoms with van der Waals surface area (Å²) in [4.78, 5) is 20.3. The molecule has 0 aliphatic heterocycles.